The minimum absolute atomic E-state index is 0.197. The zero-order valence-corrected chi connectivity index (χ0v) is 16.8. The maximum absolute atomic E-state index is 14.1. The third-order valence-electron chi connectivity index (χ3n) is 4.82. The first-order valence-electron chi connectivity index (χ1n) is 8.99. The van der Waals surface area contributed by atoms with E-state index in [1.54, 1.807) is 0 Å². The second kappa shape index (κ2) is 8.93. The Labute approximate surface area is 175 Å². The van der Waals surface area contributed by atoms with Gasteiger partial charge < -0.3 is 10.2 Å². The van der Waals surface area contributed by atoms with Gasteiger partial charge in [-0.3, -0.25) is 4.90 Å². The number of nitrogens with one attached hydrogen (secondary N) is 1. The van der Waals surface area contributed by atoms with Crippen molar-refractivity contribution in [2.24, 2.45) is 0 Å². The second-order valence-corrected chi connectivity index (χ2v) is 7.83. The highest BCUT2D eigenvalue weighted by Crippen LogP contribution is 2.34. The van der Waals surface area contributed by atoms with Gasteiger partial charge in [-0.2, -0.15) is 13.2 Å². The molecule has 0 aromatic heterocycles. The summed E-state index contributed by atoms with van der Waals surface area (Å²) in [5, 5.41) is 2.64. The average Bonchev–Trinajstić information content (AvgIpc) is 2.66. The predicted molar refractivity (Wildman–Crippen MR) is 105 cm³/mol. The molecule has 0 bridgehead atoms. The molecule has 0 radical (unpaired) electrons. The van der Waals surface area contributed by atoms with Crippen molar-refractivity contribution in [3.05, 3.63) is 52.3 Å². The summed E-state index contributed by atoms with van der Waals surface area (Å²) in [4.78, 5) is 15.9. The molecular weight excluding hydrogens is 433 g/mol. The summed E-state index contributed by atoms with van der Waals surface area (Å²) in [6.45, 7) is 2.55. The monoisotopic (exact) mass is 451 g/mol. The van der Waals surface area contributed by atoms with Gasteiger partial charge in [0.05, 0.1) is 16.6 Å². The number of halogens is 6. The normalized spacial score (nSPS) is 20.9. The number of allylic oxidation sites excluding steroid dienone is 2. The number of benzene rings is 1. The summed E-state index contributed by atoms with van der Waals surface area (Å²) in [5.74, 6) is -1.49. The molecule has 2 amide bonds. The number of hydrogen-bond donors (Lipinski definition) is 1. The number of nitrogens with zero attached hydrogens (tertiary/aromatic N) is 2. The number of anilines is 1. The summed E-state index contributed by atoms with van der Waals surface area (Å²) in [5.41, 5.74) is -0.849. The van der Waals surface area contributed by atoms with Gasteiger partial charge in [-0.05, 0) is 30.2 Å². The number of hydrogen-bond acceptors (Lipinski definition) is 2. The van der Waals surface area contributed by atoms with Gasteiger partial charge in [0.25, 0.3) is 0 Å². The number of carbonyl (C=O) groups excluding carboxylic acids is 1. The predicted octanol–water partition coefficient (Wildman–Crippen LogP) is 5.05. The van der Waals surface area contributed by atoms with Gasteiger partial charge in [-0.25, -0.2) is 9.18 Å². The number of urea groups is 1. The zero-order valence-electron chi connectivity index (χ0n) is 15.3. The number of amides is 2. The molecular formula is C19H19Cl2F4N3O. The fourth-order valence-corrected chi connectivity index (χ4v) is 3.59. The molecule has 1 fully saturated rings. The quantitative estimate of drug-likeness (QED) is 0.515. The number of piperazine rings is 1. The van der Waals surface area contributed by atoms with Crippen molar-refractivity contribution in [2.75, 3.05) is 38.0 Å². The summed E-state index contributed by atoms with van der Waals surface area (Å²) in [6.07, 6.45) is -0.292. The van der Waals surface area contributed by atoms with Gasteiger partial charge in [-0.15, -0.1) is 11.6 Å². The van der Waals surface area contributed by atoms with Crippen LogP contribution in [-0.2, 0) is 6.18 Å². The Morgan fingerprint density at radius 2 is 1.90 bits per heavy atom. The van der Waals surface area contributed by atoms with Crippen LogP contribution in [0, 0.1) is 5.82 Å². The molecule has 29 heavy (non-hydrogen) atoms. The fourth-order valence-electron chi connectivity index (χ4n) is 3.21. The standard InChI is InChI=1S/C19H19Cl2F4N3O/c20-14-5-4-12(10-15(14)21)11-27-6-8-28(9-7-27)18(29)26-16-3-1-2-13(17(16)22)19(23,24)25/h1-4,10,14H,5-9,11H2,(H,26,29). The minimum atomic E-state index is -4.83. The van der Waals surface area contributed by atoms with Crippen LogP contribution in [0.2, 0.25) is 0 Å². The van der Waals surface area contributed by atoms with Crippen LogP contribution >= 0.6 is 23.2 Å². The van der Waals surface area contributed by atoms with Gasteiger partial charge in [0.2, 0.25) is 0 Å². The van der Waals surface area contributed by atoms with Gasteiger partial charge in [0.15, 0.2) is 5.82 Å². The van der Waals surface area contributed by atoms with Crippen molar-refractivity contribution in [3.8, 4) is 0 Å². The van der Waals surface area contributed by atoms with Crippen LogP contribution in [0.3, 0.4) is 0 Å². The van der Waals surface area contributed by atoms with E-state index in [4.69, 9.17) is 23.2 Å². The first-order chi connectivity index (χ1) is 13.6. The lowest BCUT2D eigenvalue weighted by molar-refractivity contribution is -0.139. The molecule has 3 rings (SSSR count). The number of alkyl halides is 4. The molecule has 1 aromatic rings. The van der Waals surface area contributed by atoms with Crippen LogP contribution in [-0.4, -0.2) is 53.9 Å². The Morgan fingerprint density at radius 1 is 1.21 bits per heavy atom. The molecule has 1 N–H and O–H groups in total. The van der Waals surface area contributed by atoms with Gasteiger partial charge in [0, 0.05) is 37.8 Å². The van der Waals surface area contributed by atoms with E-state index in [0.29, 0.717) is 50.2 Å². The highest BCUT2D eigenvalue weighted by Gasteiger charge is 2.35. The molecule has 1 heterocycles. The van der Waals surface area contributed by atoms with E-state index in [1.165, 1.54) is 4.90 Å². The number of rotatable bonds is 3. The van der Waals surface area contributed by atoms with Crippen LogP contribution < -0.4 is 5.32 Å². The van der Waals surface area contributed by atoms with E-state index in [2.05, 4.69) is 10.2 Å². The minimum Gasteiger partial charge on any atom is -0.322 e. The first kappa shape index (κ1) is 21.9. The summed E-state index contributed by atoms with van der Waals surface area (Å²) in [7, 11) is 0. The van der Waals surface area contributed by atoms with Crippen molar-refractivity contribution in [1.82, 2.24) is 9.80 Å². The Bertz CT molecular complexity index is 833. The van der Waals surface area contributed by atoms with E-state index >= 15 is 0 Å². The Hall–Kier alpha value is -1.77. The summed E-state index contributed by atoms with van der Waals surface area (Å²) < 4.78 is 52.5. The fraction of sp³-hybridized carbons (Fsp3) is 0.421. The van der Waals surface area contributed by atoms with Crippen molar-refractivity contribution in [2.45, 2.75) is 18.0 Å². The van der Waals surface area contributed by atoms with Crippen LogP contribution in [0.1, 0.15) is 12.0 Å². The van der Waals surface area contributed by atoms with Gasteiger partial charge >= 0.3 is 12.2 Å². The lowest BCUT2D eigenvalue weighted by Gasteiger charge is -2.35. The third-order valence-corrected chi connectivity index (χ3v) is 5.72. The topological polar surface area (TPSA) is 35.6 Å². The maximum atomic E-state index is 14.1. The van der Waals surface area contributed by atoms with Crippen molar-refractivity contribution >= 4 is 34.9 Å². The van der Waals surface area contributed by atoms with Crippen LogP contribution in [0.15, 0.2) is 41.0 Å². The van der Waals surface area contributed by atoms with E-state index in [-0.39, 0.29) is 5.38 Å². The molecule has 0 saturated carbocycles. The van der Waals surface area contributed by atoms with E-state index < -0.39 is 29.3 Å². The molecule has 1 aliphatic carbocycles. The molecule has 1 aliphatic heterocycles. The van der Waals surface area contributed by atoms with Crippen LogP contribution in [0.25, 0.3) is 0 Å². The van der Waals surface area contributed by atoms with Crippen molar-refractivity contribution < 1.29 is 22.4 Å². The van der Waals surface area contributed by atoms with E-state index in [9.17, 15) is 22.4 Å². The lowest BCUT2D eigenvalue weighted by atomic mass is 10.1. The highest BCUT2D eigenvalue weighted by atomic mass is 35.5. The SMILES string of the molecule is O=C(Nc1cccc(C(F)(F)F)c1F)N1CCN(CC2=CCC(Cl)C(Cl)=C2)CC1. The Kier molecular flexibility index (Phi) is 6.76. The molecule has 1 atom stereocenters. The zero-order chi connectivity index (χ0) is 21.2. The van der Waals surface area contributed by atoms with Crippen LogP contribution in [0.4, 0.5) is 28.0 Å². The second-order valence-electron chi connectivity index (χ2n) is 6.87. The smallest absolute Gasteiger partial charge is 0.322 e. The molecule has 1 saturated heterocycles. The molecule has 4 nitrogen and oxygen atoms in total. The third kappa shape index (κ3) is 5.43. The average molecular weight is 452 g/mol. The van der Waals surface area contributed by atoms with Gasteiger partial charge in [0.1, 0.15) is 0 Å². The van der Waals surface area contributed by atoms with E-state index in [0.717, 1.165) is 17.7 Å². The molecule has 10 heteroatoms. The van der Waals surface area contributed by atoms with Crippen molar-refractivity contribution in [3.63, 3.8) is 0 Å². The molecule has 1 unspecified atom stereocenters. The number of carbonyl (C=O) groups is 1. The largest absolute Gasteiger partial charge is 0.419 e. The molecule has 158 valence electrons. The Morgan fingerprint density at radius 3 is 2.52 bits per heavy atom. The highest BCUT2D eigenvalue weighted by molar-refractivity contribution is 6.37. The van der Waals surface area contributed by atoms with E-state index in [1.807, 2.05) is 12.2 Å². The first-order valence-corrected chi connectivity index (χ1v) is 9.81. The Balaban J connectivity index is 1.55. The maximum Gasteiger partial charge on any atom is 0.419 e. The molecule has 0 spiro atoms. The summed E-state index contributed by atoms with van der Waals surface area (Å²) in [6, 6.07) is 2.17. The summed E-state index contributed by atoms with van der Waals surface area (Å²) >= 11 is 12.1. The molecule has 2 aliphatic rings. The lowest BCUT2D eigenvalue weighted by Crippen LogP contribution is -2.50. The van der Waals surface area contributed by atoms with Crippen LogP contribution in [0.5, 0.6) is 0 Å². The van der Waals surface area contributed by atoms with Gasteiger partial charge in [-0.1, -0.05) is 23.7 Å². The van der Waals surface area contributed by atoms with Crippen molar-refractivity contribution in [1.29, 1.82) is 0 Å². The molecule has 1 aromatic carbocycles.